The fraction of sp³-hybridized carbons (Fsp3) is 0. The van der Waals surface area contributed by atoms with Crippen molar-refractivity contribution in [3.05, 3.63) is 64.8 Å². The molecule has 0 saturated carbocycles. The van der Waals surface area contributed by atoms with Gasteiger partial charge in [-0.2, -0.15) is 0 Å². The van der Waals surface area contributed by atoms with Crippen molar-refractivity contribution in [2.45, 2.75) is 0 Å². The van der Waals surface area contributed by atoms with Gasteiger partial charge in [-0.25, -0.2) is 4.39 Å². The average Bonchev–Trinajstić information content (AvgIpc) is 2.77. The van der Waals surface area contributed by atoms with Gasteiger partial charge in [0.15, 0.2) is 0 Å². The lowest BCUT2D eigenvalue weighted by Crippen LogP contribution is -2.01. The van der Waals surface area contributed by atoms with Crippen molar-refractivity contribution in [3.63, 3.8) is 0 Å². The van der Waals surface area contributed by atoms with E-state index in [1.165, 1.54) is 29.5 Å². The molecule has 0 amide bonds. The van der Waals surface area contributed by atoms with E-state index in [1.54, 1.807) is 18.2 Å². The molecular weight excluding hydrogens is 263 g/mol. The van der Waals surface area contributed by atoms with Crippen molar-refractivity contribution in [3.8, 4) is 5.75 Å². The zero-order chi connectivity index (χ0) is 13.4. The first kappa shape index (κ1) is 11.9. The lowest BCUT2D eigenvalue weighted by molar-refractivity contribution is 0.103. The predicted octanol–water partition coefficient (Wildman–Crippen LogP) is 3.98. The van der Waals surface area contributed by atoms with Crippen molar-refractivity contribution >= 4 is 27.2 Å². The zero-order valence-corrected chi connectivity index (χ0v) is 10.6. The Morgan fingerprint density at radius 3 is 2.47 bits per heavy atom. The van der Waals surface area contributed by atoms with Crippen LogP contribution in [0.2, 0.25) is 0 Å². The summed E-state index contributed by atoms with van der Waals surface area (Å²) in [6.45, 7) is 0. The lowest BCUT2D eigenvalue weighted by atomic mass is 10.1. The van der Waals surface area contributed by atoms with Crippen molar-refractivity contribution < 1.29 is 14.3 Å². The number of aromatic hydroxyl groups is 1. The minimum atomic E-state index is -0.579. The fourth-order valence-corrected chi connectivity index (χ4v) is 3.00. The van der Waals surface area contributed by atoms with Crippen molar-refractivity contribution in [1.82, 2.24) is 0 Å². The highest BCUT2D eigenvalue weighted by Gasteiger charge is 2.21. The molecule has 1 heterocycles. The molecule has 4 heteroatoms. The number of carbonyl (C=O) groups excluding carboxylic acids is 1. The Hall–Kier alpha value is -2.20. The van der Waals surface area contributed by atoms with Gasteiger partial charge in [0.1, 0.15) is 16.4 Å². The van der Waals surface area contributed by atoms with E-state index < -0.39 is 11.6 Å². The Bertz CT molecular complexity index is 777. The van der Waals surface area contributed by atoms with Crippen molar-refractivity contribution in [2.75, 3.05) is 0 Å². The van der Waals surface area contributed by atoms with Gasteiger partial charge >= 0.3 is 0 Å². The number of rotatable bonds is 2. The maximum atomic E-state index is 13.6. The van der Waals surface area contributed by atoms with Crippen LogP contribution in [0.25, 0.3) is 10.1 Å². The molecule has 0 radical (unpaired) electrons. The molecule has 3 aromatic rings. The van der Waals surface area contributed by atoms with Crippen LogP contribution in [0.15, 0.2) is 48.5 Å². The smallest absolute Gasteiger partial charge is 0.209 e. The molecule has 2 nitrogen and oxygen atoms in total. The zero-order valence-electron chi connectivity index (χ0n) is 9.76. The average molecular weight is 272 g/mol. The Morgan fingerprint density at radius 2 is 1.74 bits per heavy atom. The van der Waals surface area contributed by atoms with Crippen LogP contribution in [0.1, 0.15) is 15.2 Å². The highest BCUT2D eigenvalue weighted by atomic mass is 32.1. The van der Waals surface area contributed by atoms with Gasteiger partial charge < -0.3 is 5.11 Å². The SMILES string of the molecule is O=C(c1ccccc1F)c1sc2ccccc2c1O. The molecule has 0 saturated heterocycles. The van der Waals surface area contributed by atoms with Crippen LogP contribution in [-0.4, -0.2) is 10.9 Å². The van der Waals surface area contributed by atoms with Crippen LogP contribution in [-0.2, 0) is 0 Å². The van der Waals surface area contributed by atoms with Gasteiger partial charge in [0.05, 0.1) is 5.56 Å². The summed E-state index contributed by atoms with van der Waals surface area (Å²) in [5.41, 5.74) is -0.0237. The fourth-order valence-electron chi connectivity index (χ4n) is 1.95. The molecule has 2 aromatic carbocycles. The highest BCUT2D eigenvalue weighted by Crippen LogP contribution is 2.38. The number of benzene rings is 2. The summed E-state index contributed by atoms with van der Waals surface area (Å²) in [4.78, 5) is 12.4. The first-order chi connectivity index (χ1) is 9.18. The Labute approximate surface area is 112 Å². The van der Waals surface area contributed by atoms with Gasteiger partial charge in [-0.15, -0.1) is 11.3 Å². The molecule has 0 atom stereocenters. The van der Waals surface area contributed by atoms with E-state index in [1.807, 2.05) is 12.1 Å². The first-order valence-corrected chi connectivity index (χ1v) is 6.50. The standard InChI is InChI=1S/C15H9FO2S/c16-11-7-3-1-5-9(11)13(17)15-14(18)10-6-2-4-8-12(10)19-15/h1-8,18H. The topological polar surface area (TPSA) is 37.3 Å². The number of ketones is 1. The third-order valence-electron chi connectivity index (χ3n) is 2.89. The van der Waals surface area contributed by atoms with Crippen LogP contribution < -0.4 is 0 Å². The molecule has 0 aliphatic rings. The minimum Gasteiger partial charge on any atom is -0.506 e. The summed E-state index contributed by atoms with van der Waals surface area (Å²) < 4.78 is 14.4. The van der Waals surface area contributed by atoms with Crippen LogP contribution in [0.5, 0.6) is 5.75 Å². The van der Waals surface area contributed by atoms with E-state index in [-0.39, 0.29) is 16.2 Å². The van der Waals surface area contributed by atoms with E-state index in [4.69, 9.17) is 0 Å². The summed E-state index contributed by atoms with van der Waals surface area (Å²) in [6.07, 6.45) is 0. The summed E-state index contributed by atoms with van der Waals surface area (Å²) in [5.74, 6) is -1.14. The van der Waals surface area contributed by atoms with Gasteiger partial charge in [-0.3, -0.25) is 4.79 Å². The highest BCUT2D eigenvalue weighted by molar-refractivity contribution is 7.21. The molecule has 0 fully saturated rings. The van der Waals surface area contributed by atoms with Crippen molar-refractivity contribution in [2.24, 2.45) is 0 Å². The monoisotopic (exact) mass is 272 g/mol. The number of thiophene rings is 1. The van der Waals surface area contributed by atoms with Gasteiger partial charge in [-0.1, -0.05) is 24.3 Å². The molecule has 0 aliphatic carbocycles. The number of hydrogen-bond acceptors (Lipinski definition) is 3. The maximum Gasteiger partial charge on any atom is 0.209 e. The van der Waals surface area contributed by atoms with Crippen LogP contribution in [0.4, 0.5) is 4.39 Å². The molecule has 1 aromatic heterocycles. The van der Waals surface area contributed by atoms with Gasteiger partial charge in [0.25, 0.3) is 0 Å². The van der Waals surface area contributed by atoms with Gasteiger partial charge in [0, 0.05) is 10.1 Å². The lowest BCUT2D eigenvalue weighted by Gasteiger charge is -2.00. The Balaban J connectivity index is 2.17. The van der Waals surface area contributed by atoms with Gasteiger partial charge in [0.2, 0.25) is 5.78 Å². The molecular formula is C15H9FO2S. The summed E-state index contributed by atoms with van der Waals surface area (Å²) in [6, 6.07) is 12.9. The summed E-state index contributed by atoms with van der Waals surface area (Å²) in [7, 11) is 0. The van der Waals surface area contributed by atoms with Crippen LogP contribution >= 0.6 is 11.3 Å². The normalized spacial score (nSPS) is 10.8. The van der Waals surface area contributed by atoms with E-state index in [9.17, 15) is 14.3 Å². The third-order valence-corrected chi connectivity index (χ3v) is 4.05. The minimum absolute atomic E-state index is 0.0237. The second-order valence-corrected chi connectivity index (χ2v) is 5.14. The van der Waals surface area contributed by atoms with E-state index in [0.29, 0.717) is 5.39 Å². The Morgan fingerprint density at radius 1 is 1.05 bits per heavy atom. The van der Waals surface area contributed by atoms with Crippen LogP contribution in [0.3, 0.4) is 0 Å². The number of halogens is 1. The summed E-state index contributed by atoms with van der Waals surface area (Å²) in [5, 5.41) is 10.7. The summed E-state index contributed by atoms with van der Waals surface area (Å²) >= 11 is 1.17. The molecule has 0 unspecified atom stereocenters. The molecule has 0 aliphatic heterocycles. The largest absolute Gasteiger partial charge is 0.506 e. The Kier molecular flexibility index (Phi) is 2.80. The second kappa shape index (κ2) is 4.48. The van der Waals surface area contributed by atoms with E-state index >= 15 is 0 Å². The number of carbonyl (C=O) groups is 1. The van der Waals surface area contributed by atoms with E-state index in [0.717, 1.165) is 4.70 Å². The van der Waals surface area contributed by atoms with Gasteiger partial charge in [-0.05, 0) is 24.3 Å². The predicted molar refractivity (Wildman–Crippen MR) is 73.3 cm³/mol. The number of fused-ring (bicyclic) bond motifs is 1. The first-order valence-electron chi connectivity index (χ1n) is 5.68. The molecule has 1 N–H and O–H groups in total. The molecule has 0 bridgehead atoms. The molecule has 19 heavy (non-hydrogen) atoms. The van der Waals surface area contributed by atoms with Crippen molar-refractivity contribution in [1.29, 1.82) is 0 Å². The molecule has 3 rings (SSSR count). The molecule has 0 spiro atoms. The maximum absolute atomic E-state index is 13.6. The second-order valence-electron chi connectivity index (χ2n) is 4.08. The van der Waals surface area contributed by atoms with E-state index in [2.05, 4.69) is 0 Å². The molecule has 94 valence electrons. The van der Waals surface area contributed by atoms with Crippen LogP contribution in [0, 0.1) is 5.82 Å². The number of hydrogen-bond donors (Lipinski definition) is 1. The quantitative estimate of drug-likeness (QED) is 0.716. The third kappa shape index (κ3) is 1.90.